The Balaban J connectivity index is 1.77. The Morgan fingerprint density at radius 3 is 2.83 bits per heavy atom. The van der Waals surface area contributed by atoms with Crippen LogP contribution in [-0.4, -0.2) is 34.0 Å². The number of benzene rings is 1. The summed E-state index contributed by atoms with van der Waals surface area (Å²) in [6.07, 6.45) is 2.50. The first-order chi connectivity index (χ1) is 11.0. The van der Waals surface area contributed by atoms with E-state index in [1.807, 2.05) is 6.92 Å². The predicted molar refractivity (Wildman–Crippen MR) is 88.7 cm³/mol. The summed E-state index contributed by atoms with van der Waals surface area (Å²) in [6.45, 7) is 4.11. The molecule has 1 unspecified atom stereocenters. The third-order valence-electron chi connectivity index (χ3n) is 4.85. The smallest absolute Gasteiger partial charge is 0.218 e. The number of H-pyrrole nitrogens is 1. The van der Waals surface area contributed by atoms with Crippen molar-refractivity contribution in [2.45, 2.75) is 38.8 Å². The van der Waals surface area contributed by atoms with Gasteiger partial charge < -0.3 is 5.73 Å². The Kier molecular flexibility index (Phi) is 2.99. The van der Waals surface area contributed by atoms with Crippen molar-refractivity contribution < 1.29 is 4.84 Å². The topological polar surface area (TPSA) is 79.5 Å². The van der Waals surface area contributed by atoms with E-state index in [0.29, 0.717) is 5.96 Å². The van der Waals surface area contributed by atoms with E-state index in [1.165, 1.54) is 22.3 Å². The van der Waals surface area contributed by atoms with Gasteiger partial charge in [-0.3, -0.25) is 5.10 Å². The molecule has 1 aliphatic carbocycles. The van der Waals surface area contributed by atoms with Gasteiger partial charge in [0.25, 0.3) is 0 Å². The quantitative estimate of drug-likeness (QED) is 0.845. The number of nitrogens with one attached hydrogen (secondary N) is 1. The van der Waals surface area contributed by atoms with Crippen LogP contribution in [0.3, 0.4) is 0 Å². The number of aliphatic imine (C=N–C) groups is 1. The van der Waals surface area contributed by atoms with Gasteiger partial charge >= 0.3 is 0 Å². The fourth-order valence-electron chi connectivity index (χ4n) is 3.76. The van der Waals surface area contributed by atoms with Gasteiger partial charge in [0.15, 0.2) is 5.72 Å². The standard InChI is InChI=1S/C17H21N5O/c1-10-15(11(2)21-20-10)14-6-4-5-12-9-17(8-7-13(12)14)19-16(18)22(3)23-17/h4-6H,7-9H2,1-3H3,(H2,18,19)(H,20,21). The minimum atomic E-state index is -0.537. The highest BCUT2D eigenvalue weighted by molar-refractivity contribution is 5.78. The van der Waals surface area contributed by atoms with Crippen molar-refractivity contribution in [3.8, 4) is 11.1 Å². The van der Waals surface area contributed by atoms with Gasteiger partial charge in [-0.25, -0.2) is 14.9 Å². The number of aromatic amines is 1. The highest BCUT2D eigenvalue weighted by Crippen LogP contribution is 2.40. The molecule has 4 rings (SSSR count). The lowest BCUT2D eigenvalue weighted by Crippen LogP contribution is -2.37. The molecule has 2 heterocycles. The molecule has 2 aromatic rings. The van der Waals surface area contributed by atoms with E-state index < -0.39 is 5.72 Å². The summed E-state index contributed by atoms with van der Waals surface area (Å²) in [5, 5.41) is 8.99. The molecule has 2 aliphatic rings. The number of guanidine groups is 1. The Morgan fingerprint density at radius 1 is 1.35 bits per heavy atom. The van der Waals surface area contributed by atoms with E-state index in [4.69, 9.17) is 10.6 Å². The van der Waals surface area contributed by atoms with Crippen LogP contribution in [0.15, 0.2) is 23.2 Å². The Bertz CT molecular complexity index is 790. The monoisotopic (exact) mass is 311 g/mol. The lowest BCUT2D eigenvalue weighted by atomic mass is 9.81. The highest BCUT2D eigenvalue weighted by Gasteiger charge is 2.42. The second kappa shape index (κ2) is 4.83. The molecule has 0 fully saturated rings. The molecule has 1 aromatic carbocycles. The second-order valence-corrected chi connectivity index (χ2v) is 6.43. The fourth-order valence-corrected chi connectivity index (χ4v) is 3.76. The van der Waals surface area contributed by atoms with E-state index >= 15 is 0 Å². The van der Waals surface area contributed by atoms with Crippen LogP contribution in [-0.2, 0) is 17.7 Å². The van der Waals surface area contributed by atoms with Gasteiger partial charge in [0, 0.05) is 31.1 Å². The van der Waals surface area contributed by atoms with Crippen molar-refractivity contribution in [1.82, 2.24) is 15.3 Å². The van der Waals surface area contributed by atoms with Gasteiger partial charge in [0.05, 0.1) is 5.69 Å². The Labute approximate surface area is 135 Å². The number of aromatic nitrogens is 2. The van der Waals surface area contributed by atoms with Crippen LogP contribution >= 0.6 is 0 Å². The van der Waals surface area contributed by atoms with Crippen molar-refractivity contribution in [2.75, 3.05) is 7.05 Å². The number of fused-ring (bicyclic) bond motifs is 1. The summed E-state index contributed by atoms with van der Waals surface area (Å²) in [5.41, 5.74) is 12.6. The van der Waals surface area contributed by atoms with Gasteiger partial charge in [-0.05, 0) is 37.0 Å². The largest absolute Gasteiger partial charge is 0.368 e. The van der Waals surface area contributed by atoms with Crippen LogP contribution in [0.5, 0.6) is 0 Å². The molecule has 1 aromatic heterocycles. The summed E-state index contributed by atoms with van der Waals surface area (Å²) in [7, 11) is 1.80. The lowest BCUT2D eigenvalue weighted by Gasteiger charge is -2.32. The average Bonchev–Trinajstić information content (AvgIpc) is 2.98. The van der Waals surface area contributed by atoms with Gasteiger partial charge in [0.2, 0.25) is 5.96 Å². The molecule has 0 saturated heterocycles. The SMILES string of the molecule is Cc1n[nH]c(C)c1-c1cccc2c1CCC1(C2)N=C(N)N(C)O1. The van der Waals surface area contributed by atoms with Crippen molar-refractivity contribution in [1.29, 1.82) is 0 Å². The van der Waals surface area contributed by atoms with Crippen LogP contribution in [0.25, 0.3) is 11.1 Å². The van der Waals surface area contributed by atoms with Crippen LogP contribution in [0.1, 0.15) is 28.9 Å². The molecule has 0 radical (unpaired) electrons. The number of nitrogens with two attached hydrogens (primary N) is 1. The van der Waals surface area contributed by atoms with Crippen LogP contribution in [0.2, 0.25) is 0 Å². The van der Waals surface area contributed by atoms with Crippen LogP contribution in [0, 0.1) is 13.8 Å². The van der Waals surface area contributed by atoms with Crippen LogP contribution < -0.4 is 5.73 Å². The molecular formula is C17H21N5O. The zero-order valence-electron chi connectivity index (χ0n) is 13.7. The van der Waals surface area contributed by atoms with Gasteiger partial charge in [0.1, 0.15) is 0 Å². The zero-order chi connectivity index (χ0) is 16.2. The lowest BCUT2D eigenvalue weighted by molar-refractivity contribution is -0.171. The number of nitrogens with zero attached hydrogens (tertiary/aromatic N) is 3. The first kappa shape index (κ1) is 14.3. The number of hydrogen-bond acceptors (Lipinski definition) is 5. The van der Waals surface area contributed by atoms with E-state index in [1.54, 1.807) is 12.1 Å². The third-order valence-corrected chi connectivity index (χ3v) is 4.85. The number of hydrogen-bond donors (Lipinski definition) is 2. The molecule has 0 amide bonds. The third kappa shape index (κ3) is 2.13. The summed E-state index contributed by atoms with van der Waals surface area (Å²) < 4.78 is 0. The van der Waals surface area contributed by atoms with E-state index in [9.17, 15) is 0 Å². The maximum Gasteiger partial charge on any atom is 0.218 e. The zero-order valence-corrected chi connectivity index (χ0v) is 13.7. The van der Waals surface area contributed by atoms with E-state index in [0.717, 1.165) is 30.7 Å². The summed E-state index contributed by atoms with van der Waals surface area (Å²) in [5.74, 6) is 0.450. The summed E-state index contributed by atoms with van der Waals surface area (Å²) >= 11 is 0. The second-order valence-electron chi connectivity index (χ2n) is 6.43. The molecule has 0 bridgehead atoms. The van der Waals surface area contributed by atoms with Crippen LogP contribution in [0.4, 0.5) is 0 Å². The molecule has 1 spiro atoms. The average molecular weight is 311 g/mol. The molecule has 6 nitrogen and oxygen atoms in total. The van der Waals surface area contributed by atoms with Crippen molar-refractivity contribution in [3.05, 3.63) is 40.7 Å². The molecule has 1 aliphatic heterocycles. The van der Waals surface area contributed by atoms with Crippen molar-refractivity contribution in [2.24, 2.45) is 10.7 Å². The number of hydroxylamine groups is 2. The van der Waals surface area contributed by atoms with E-state index in [2.05, 4.69) is 40.3 Å². The fraction of sp³-hybridized carbons (Fsp3) is 0.412. The molecule has 1 atom stereocenters. The van der Waals surface area contributed by atoms with Gasteiger partial charge in [-0.2, -0.15) is 5.10 Å². The number of aryl methyl sites for hydroxylation is 2. The molecule has 120 valence electrons. The molecular weight excluding hydrogens is 290 g/mol. The molecule has 6 heteroatoms. The minimum absolute atomic E-state index is 0.450. The minimum Gasteiger partial charge on any atom is -0.368 e. The molecule has 3 N–H and O–H groups in total. The van der Waals surface area contributed by atoms with Crippen molar-refractivity contribution in [3.63, 3.8) is 0 Å². The summed E-state index contributed by atoms with van der Waals surface area (Å²) in [6, 6.07) is 6.45. The molecule has 0 saturated carbocycles. The predicted octanol–water partition coefficient (Wildman–Crippen LogP) is 2.07. The van der Waals surface area contributed by atoms with Gasteiger partial charge in [-0.1, -0.05) is 18.2 Å². The Hall–Kier alpha value is -2.34. The first-order valence-corrected chi connectivity index (χ1v) is 7.90. The van der Waals surface area contributed by atoms with E-state index in [-0.39, 0.29) is 0 Å². The van der Waals surface area contributed by atoms with Gasteiger partial charge in [-0.15, -0.1) is 0 Å². The highest BCUT2D eigenvalue weighted by atomic mass is 16.7. The first-order valence-electron chi connectivity index (χ1n) is 7.90. The number of rotatable bonds is 1. The van der Waals surface area contributed by atoms with Crippen molar-refractivity contribution >= 4 is 5.96 Å². The Morgan fingerprint density at radius 2 is 2.17 bits per heavy atom. The maximum absolute atomic E-state index is 5.92. The normalized spacial score (nSPS) is 23.3. The maximum atomic E-state index is 5.92. The summed E-state index contributed by atoms with van der Waals surface area (Å²) in [4.78, 5) is 10.5. The molecule has 23 heavy (non-hydrogen) atoms.